The Morgan fingerprint density at radius 2 is 1.02 bits per heavy atom. The zero-order valence-electron chi connectivity index (χ0n) is 36.9. The van der Waals surface area contributed by atoms with E-state index in [2.05, 4.69) is 62.5 Å². The van der Waals surface area contributed by atoms with Gasteiger partial charge in [0.1, 0.15) is 43.2 Å². The number of aliphatic hydroxyl groups is 5. The van der Waals surface area contributed by atoms with Crippen LogP contribution in [0, 0.1) is 0 Å². The highest BCUT2D eigenvalue weighted by Crippen LogP contribution is 2.47. The molecule has 0 saturated heterocycles. The number of ketones is 1. The Bertz CT molecular complexity index is 1470. The maximum absolute atomic E-state index is 12.8. The van der Waals surface area contributed by atoms with Crippen molar-refractivity contribution >= 4 is 25.5 Å². The zero-order chi connectivity index (χ0) is 45.9. The van der Waals surface area contributed by atoms with Crippen LogP contribution in [0.25, 0.3) is 0 Å². The van der Waals surface area contributed by atoms with Crippen LogP contribution in [0.1, 0.15) is 136 Å². The average molecular weight is 895 g/mol. The molecule has 1 fully saturated rings. The number of ether oxygens (including phenoxy) is 2. The first-order valence-corrected chi connectivity index (χ1v) is 23.8. The SMILES string of the molecule is CCCCC/C=C\C/C=C\C/C=C\C=C\C(=O)CCCC(=O)OC[C@H](COP(=O)(O)OC1[C@H](O)[C@H](O)C(O)[C@H](O)[C@H]1O)OC(=O)CCCC/C=C\C/C=C\C/C=C\CCCCC. The van der Waals surface area contributed by atoms with E-state index < -0.39 is 75.7 Å². The highest BCUT2D eigenvalue weighted by molar-refractivity contribution is 7.47. The average Bonchev–Trinajstić information content (AvgIpc) is 3.25. The molecule has 352 valence electrons. The van der Waals surface area contributed by atoms with E-state index in [9.17, 15) is 49.4 Å². The lowest BCUT2D eigenvalue weighted by Crippen LogP contribution is -2.64. The molecule has 1 aliphatic carbocycles. The monoisotopic (exact) mass is 894 g/mol. The Balaban J connectivity index is 2.61. The van der Waals surface area contributed by atoms with Crippen LogP contribution in [0.4, 0.5) is 0 Å². The molecule has 15 heteroatoms. The molecule has 62 heavy (non-hydrogen) atoms. The van der Waals surface area contributed by atoms with Crippen LogP contribution in [0.2, 0.25) is 0 Å². The second-order valence-corrected chi connectivity index (χ2v) is 16.6. The number of phosphoric ester groups is 1. The molecule has 1 aliphatic rings. The molecule has 14 nitrogen and oxygen atoms in total. The molecule has 1 rings (SSSR count). The number of carbonyl (C=O) groups is 3. The Kier molecular flexibility index (Phi) is 33.0. The molecule has 0 heterocycles. The van der Waals surface area contributed by atoms with Crippen LogP contribution in [-0.4, -0.2) is 104 Å². The highest BCUT2D eigenvalue weighted by Gasteiger charge is 2.51. The fourth-order valence-corrected chi connectivity index (χ4v) is 6.98. The van der Waals surface area contributed by atoms with Crippen molar-refractivity contribution < 1.29 is 67.9 Å². The minimum absolute atomic E-state index is 0.00695. The Hall–Kier alpha value is -3.30. The summed E-state index contributed by atoms with van der Waals surface area (Å²) in [6, 6.07) is 0. The summed E-state index contributed by atoms with van der Waals surface area (Å²) >= 11 is 0. The fourth-order valence-electron chi connectivity index (χ4n) is 6.01. The Morgan fingerprint density at radius 3 is 1.55 bits per heavy atom. The van der Waals surface area contributed by atoms with E-state index in [0.717, 1.165) is 44.9 Å². The number of phosphoric acid groups is 1. The maximum atomic E-state index is 12.8. The third kappa shape index (κ3) is 28.4. The second kappa shape index (κ2) is 36.1. The molecule has 0 bridgehead atoms. The van der Waals surface area contributed by atoms with E-state index in [1.807, 2.05) is 18.2 Å². The highest BCUT2D eigenvalue weighted by atomic mass is 31.2. The van der Waals surface area contributed by atoms with Gasteiger partial charge in [-0.2, -0.15) is 0 Å². The van der Waals surface area contributed by atoms with Crippen LogP contribution >= 0.6 is 7.82 Å². The van der Waals surface area contributed by atoms with Crippen molar-refractivity contribution in [2.24, 2.45) is 0 Å². The van der Waals surface area contributed by atoms with Crippen LogP contribution < -0.4 is 0 Å². The minimum atomic E-state index is -5.19. The summed E-state index contributed by atoms with van der Waals surface area (Å²) in [4.78, 5) is 47.9. The van der Waals surface area contributed by atoms with Crippen molar-refractivity contribution in [2.75, 3.05) is 13.2 Å². The first-order valence-electron chi connectivity index (χ1n) is 22.3. The Labute approximate surface area is 369 Å². The molecule has 0 aromatic carbocycles. The number of allylic oxidation sites excluding steroid dienone is 14. The van der Waals surface area contributed by atoms with Crippen molar-refractivity contribution in [1.29, 1.82) is 0 Å². The molecular weight excluding hydrogens is 819 g/mol. The summed E-state index contributed by atoms with van der Waals surface area (Å²) in [6.45, 7) is 2.97. The van der Waals surface area contributed by atoms with Gasteiger partial charge in [0, 0.05) is 19.3 Å². The van der Waals surface area contributed by atoms with Gasteiger partial charge in [0.25, 0.3) is 0 Å². The van der Waals surface area contributed by atoms with Crippen molar-refractivity contribution in [1.82, 2.24) is 0 Å². The molecule has 0 spiro atoms. The van der Waals surface area contributed by atoms with Crippen molar-refractivity contribution in [3.05, 3.63) is 85.1 Å². The molecule has 8 atom stereocenters. The number of unbranched alkanes of at least 4 members (excludes halogenated alkanes) is 8. The molecule has 3 unspecified atom stereocenters. The van der Waals surface area contributed by atoms with Crippen LogP contribution in [0.5, 0.6) is 0 Å². The molecule has 6 N–H and O–H groups in total. The molecule has 0 aromatic heterocycles. The van der Waals surface area contributed by atoms with E-state index in [1.54, 1.807) is 12.2 Å². The quantitative estimate of drug-likeness (QED) is 0.00897. The minimum Gasteiger partial charge on any atom is -0.462 e. The van der Waals surface area contributed by atoms with Crippen molar-refractivity contribution in [2.45, 2.75) is 179 Å². The van der Waals surface area contributed by atoms with Gasteiger partial charge in [-0.3, -0.25) is 23.4 Å². The second-order valence-electron chi connectivity index (χ2n) is 15.2. The summed E-state index contributed by atoms with van der Waals surface area (Å²) < 4.78 is 33.2. The fraction of sp³-hybridized carbons (Fsp3) is 0.638. The largest absolute Gasteiger partial charge is 0.472 e. The van der Waals surface area contributed by atoms with Crippen LogP contribution in [-0.2, 0) is 37.5 Å². The predicted molar refractivity (Wildman–Crippen MR) is 240 cm³/mol. The first-order chi connectivity index (χ1) is 29.8. The van der Waals surface area contributed by atoms with Gasteiger partial charge < -0.3 is 39.9 Å². The smallest absolute Gasteiger partial charge is 0.462 e. The normalized spacial score (nSPS) is 22.6. The summed E-state index contributed by atoms with van der Waals surface area (Å²) in [5.41, 5.74) is 0. The maximum Gasteiger partial charge on any atom is 0.472 e. The van der Waals surface area contributed by atoms with Crippen molar-refractivity contribution in [3.63, 3.8) is 0 Å². The zero-order valence-corrected chi connectivity index (χ0v) is 37.8. The van der Waals surface area contributed by atoms with Gasteiger partial charge in [0.2, 0.25) is 0 Å². The number of rotatable bonds is 35. The Morgan fingerprint density at radius 1 is 0.548 bits per heavy atom. The van der Waals surface area contributed by atoms with Gasteiger partial charge in [0.05, 0.1) is 6.61 Å². The third-order valence-corrected chi connectivity index (χ3v) is 10.7. The standard InChI is InChI=1S/C47H75O14P/c1-3-5-7-9-11-13-15-17-18-20-22-24-26-28-30-34-41(50)60-39(37-59-62(56,57)61-47-45(54)43(52)42(51)44(53)46(47)55)36-58-40(49)35-31-33-38(48)32-29-27-25-23-21-19-16-14-12-10-8-6-4-2/h11-14,17-19,21-22,24-25,27,29,32,39,42-47,51-55H,3-10,15-16,20,23,26,28,30-31,33-37H2,1-2H3,(H,56,57)/b13-11-,14-12-,18-17-,21-19-,24-22-,27-25-,32-29+/t39-,42?,43-,44+,45-,46-,47?/m1/s1. The van der Waals surface area contributed by atoms with Gasteiger partial charge in [-0.05, 0) is 83.1 Å². The summed E-state index contributed by atoms with van der Waals surface area (Å²) in [5.74, 6) is -1.59. The molecule has 0 radical (unpaired) electrons. The topological polar surface area (TPSA) is 227 Å². The molecule has 0 amide bonds. The van der Waals surface area contributed by atoms with Gasteiger partial charge in [-0.1, -0.05) is 119 Å². The molecule has 0 aromatic rings. The third-order valence-electron chi connectivity index (χ3n) is 9.69. The summed E-state index contributed by atoms with van der Waals surface area (Å²) in [6.07, 6.45) is 29.3. The first kappa shape index (κ1) is 56.7. The van der Waals surface area contributed by atoms with Gasteiger partial charge in [0.15, 0.2) is 11.9 Å². The van der Waals surface area contributed by atoms with Crippen LogP contribution in [0.3, 0.4) is 0 Å². The number of carbonyl (C=O) groups excluding carboxylic acids is 3. The van der Waals surface area contributed by atoms with E-state index in [1.165, 1.54) is 44.6 Å². The lowest BCUT2D eigenvalue weighted by Gasteiger charge is -2.41. The van der Waals surface area contributed by atoms with E-state index >= 15 is 0 Å². The molecule has 1 saturated carbocycles. The number of aliphatic hydroxyl groups excluding tert-OH is 5. The number of hydrogen-bond donors (Lipinski definition) is 6. The van der Waals surface area contributed by atoms with Gasteiger partial charge in [-0.15, -0.1) is 0 Å². The number of hydrogen-bond acceptors (Lipinski definition) is 13. The van der Waals surface area contributed by atoms with Gasteiger partial charge >= 0.3 is 19.8 Å². The summed E-state index contributed by atoms with van der Waals surface area (Å²) in [7, 11) is -5.19. The lowest BCUT2D eigenvalue weighted by atomic mass is 9.85. The summed E-state index contributed by atoms with van der Waals surface area (Å²) in [5, 5.41) is 50.1. The van der Waals surface area contributed by atoms with Crippen LogP contribution in [0.15, 0.2) is 85.1 Å². The van der Waals surface area contributed by atoms with E-state index in [4.69, 9.17) is 18.5 Å². The van der Waals surface area contributed by atoms with E-state index in [0.29, 0.717) is 12.8 Å². The lowest BCUT2D eigenvalue weighted by molar-refractivity contribution is -0.220. The van der Waals surface area contributed by atoms with Gasteiger partial charge in [-0.25, -0.2) is 4.57 Å². The van der Waals surface area contributed by atoms with E-state index in [-0.39, 0.29) is 31.5 Å². The van der Waals surface area contributed by atoms with Crippen molar-refractivity contribution in [3.8, 4) is 0 Å². The number of esters is 2. The molecular formula is C47H75O14P. The molecule has 0 aliphatic heterocycles. The predicted octanol–water partition coefficient (Wildman–Crippen LogP) is 7.68.